The lowest BCUT2D eigenvalue weighted by Crippen LogP contribution is -2.10. The minimum atomic E-state index is -1.21. The highest BCUT2D eigenvalue weighted by Crippen LogP contribution is 2.29. The van der Waals surface area contributed by atoms with E-state index in [-0.39, 0.29) is 35.0 Å². The van der Waals surface area contributed by atoms with Crippen LogP contribution in [0.2, 0.25) is 0 Å². The molecule has 0 saturated heterocycles. The standard InChI is InChI=1S/C12H13N3O5/c13-20-3-1-2-6-11(12(18)19)15-8-5-10(17)9(16)4-7(8)14-6/h4-5,16-17H,1-3,13H2,(H,18,19). The Morgan fingerprint density at radius 1 is 1.20 bits per heavy atom. The highest BCUT2D eigenvalue weighted by atomic mass is 16.6. The number of rotatable bonds is 5. The van der Waals surface area contributed by atoms with E-state index in [0.29, 0.717) is 18.4 Å². The molecular formula is C12H13N3O5. The molecule has 20 heavy (non-hydrogen) atoms. The largest absolute Gasteiger partial charge is 0.504 e. The van der Waals surface area contributed by atoms with E-state index in [1.165, 1.54) is 6.07 Å². The summed E-state index contributed by atoms with van der Waals surface area (Å²) in [7, 11) is 0. The highest BCUT2D eigenvalue weighted by Gasteiger charge is 2.16. The van der Waals surface area contributed by atoms with Crippen molar-refractivity contribution >= 4 is 17.0 Å². The molecule has 2 rings (SSSR count). The second kappa shape index (κ2) is 5.68. The number of aromatic carboxylic acids is 1. The number of carboxylic acids is 1. The van der Waals surface area contributed by atoms with Gasteiger partial charge in [-0.15, -0.1) is 0 Å². The Morgan fingerprint density at radius 2 is 1.80 bits per heavy atom. The monoisotopic (exact) mass is 279 g/mol. The van der Waals surface area contributed by atoms with Gasteiger partial charge >= 0.3 is 5.97 Å². The Balaban J connectivity index is 2.51. The molecule has 0 saturated carbocycles. The van der Waals surface area contributed by atoms with E-state index in [1.807, 2.05) is 0 Å². The van der Waals surface area contributed by atoms with E-state index in [9.17, 15) is 15.0 Å². The molecule has 0 unspecified atom stereocenters. The minimum Gasteiger partial charge on any atom is -0.504 e. The molecule has 1 heterocycles. The fraction of sp³-hybridized carbons (Fsp3) is 0.250. The van der Waals surface area contributed by atoms with Gasteiger partial charge < -0.3 is 20.2 Å². The third-order valence-corrected chi connectivity index (χ3v) is 2.71. The average molecular weight is 279 g/mol. The summed E-state index contributed by atoms with van der Waals surface area (Å²) in [4.78, 5) is 23.7. The third-order valence-electron chi connectivity index (χ3n) is 2.71. The Labute approximate surface area is 113 Å². The number of nitrogens with zero attached hydrogens (tertiary/aromatic N) is 2. The maximum Gasteiger partial charge on any atom is 0.356 e. The minimum absolute atomic E-state index is 0.191. The van der Waals surface area contributed by atoms with Gasteiger partial charge in [0.2, 0.25) is 0 Å². The van der Waals surface area contributed by atoms with E-state index < -0.39 is 5.97 Å². The van der Waals surface area contributed by atoms with Crippen LogP contribution in [0.5, 0.6) is 11.5 Å². The van der Waals surface area contributed by atoms with Crippen LogP contribution in [-0.4, -0.2) is 37.9 Å². The number of aromatic hydroxyl groups is 2. The SMILES string of the molecule is NOCCCc1nc2cc(O)c(O)cc2nc1C(=O)O. The number of carbonyl (C=O) groups is 1. The van der Waals surface area contributed by atoms with Crippen LogP contribution >= 0.6 is 0 Å². The average Bonchev–Trinajstić information content (AvgIpc) is 2.40. The van der Waals surface area contributed by atoms with Crippen molar-refractivity contribution in [3.63, 3.8) is 0 Å². The Bertz CT molecular complexity index is 659. The zero-order valence-corrected chi connectivity index (χ0v) is 10.4. The van der Waals surface area contributed by atoms with Crippen molar-refractivity contribution in [1.82, 2.24) is 9.97 Å². The molecule has 0 spiro atoms. The van der Waals surface area contributed by atoms with Crippen LogP contribution in [0, 0.1) is 0 Å². The van der Waals surface area contributed by atoms with Crippen LogP contribution in [0.1, 0.15) is 22.6 Å². The smallest absolute Gasteiger partial charge is 0.356 e. The molecule has 5 N–H and O–H groups in total. The van der Waals surface area contributed by atoms with Crippen molar-refractivity contribution in [3.05, 3.63) is 23.5 Å². The lowest BCUT2D eigenvalue weighted by molar-refractivity contribution is 0.0688. The fourth-order valence-corrected chi connectivity index (χ4v) is 1.79. The number of phenols is 2. The molecule has 8 nitrogen and oxygen atoms in total. The van der Waals surface area contributed by atoms with Crippen molar-refractivity contribution in [2.45, 2.75) is 12.8 Å². The maximum atomic E-state index is 11.2. The summed E-state index contributed by atoms with van der Waals surface area (Å²) >= 11 is 0. The van der Waals surface area contributed by atoms with E-state index in [4.69, 9.17) is 11.0 Å². The number of phenolic OH excluding ortho intramolecular Hbond substituents is 2. The van der Waals surface area contributed by atoms with Crippen LogP contribution in [-0.2, 0) is 11.3 Å². The molecule has 1 aromatic heterocycles. The summed E-state index contributed by atoms with van der Waals surface area (Å²) in [5.41, 5.74) is 0.567. The van der Waals surface area contributed by atoms with Crippen molar-refractivity contribution in [2.24, 2.45) is 5.90 Å². The van der Waals surface area contributed by atoms with Gasteiger partial charge in [-0.2, -0.15) is 0 Å². The lowest BCUT2D eigenvalue weighted by Gasteiger charge is -2.07. The molecule has 0 radical (unpaired) electrons. The Hall–Kier alpha value is -2.45. The number of hydrogen-bond acceptors (Lipinski definition) is 7. The number of aromatic nitrogens is 2. The summed E-state index contributed by atoms with van der Waals surface area (Å²) in [6.45, 7) is 0.263. The summed E-state index contributed by atoms with van der Waals surface area (Å²) in [5, 5.41) is 28.0. The van der Waals surface area contributed by atoms with Gasteiger partial charge in [0, 0.05) is 12.1 Å². The first-order chi connectivity index (χ1) is 9.52. The molecule has 0 aliphatic carbocycles. The van der Waals surface area contributed by atoms with Gasteiger partial charge in [0.15, 0.2) is 17.2 Å². The van der Waals surface area contributed by atoms with Gasteiger partial charge in [-0.1, -0.05) is 0 Å². The molecule has 0 atom stereocenters. The molecule has 106 valence electrons. The van der Waals surface area contributed by atoms with Gasteiger partial charge in [-0.3, -0.25) is 0 Å². The normalized spacial score (nSPS) is 10.8. The van der Waals surface area contributed by atoms with E-state index in [0.717, 1.165) is 6.07 Å². The topological polar surface area (TPSA) is 139 Å². The van der Waals surface area contributed by atoms with Gasteiger partial charge in [-0.25, -0.2) is 20.7 Å². The van der Waals surface area contributed by atoms with Crippen LogP contribution in [0.15, 0.2) is 12.1 Å². The second-order valence-electron chi connectivity index (χ2n) is 4.13. The zero-order chi connectivity index (χ0) is 14.7. The zero-order valence-electron chi connectivity index (χ0n) is 10.4. The summed E-state index contributed by atoms with van der Waals surface area (Å²) in [6.07, 6.45) is 0.810. The number of nitrogens with two attached hydrogens (primary N) is 1. The van der Waals surface area contributed by atoms with Crippen molar-refractivity contribution in [1.29, 1.82) is 0 Å². The van der Waals surface area contributed by atoms with Crippen LogP contribution < -0.4 is 5.90 Å². The molecule has 0 fully saturated rings. The van der Waals surface area contributed by atoms with Crippen LogP contribution in [0.3, 0.4) is 0 Å². The highest BCUT2D eigenvalue weighted by molar-refractivity contribution is 5.90. The predicted octanol–water partition coefficient (Wildman–Crippen LogP) is 0.562. The fourth-order valence-electron chi connectivity index (χ4n) is 1.79. The molecule has 8 heteroatoms. The predicted molar refractivity (Wildman–Crippen MR) is 68.3 cm³/mol. The first-order valence-corrected chi connectivity index (χ1v) is 5.80. The molecule has 0 bridgehead atoms. The molecule has 0 amide bonds. The van der Waals surface area contributed by atoms with Gasteiger partial charge in [0.05, 0.1) is 23.3 Å². The Morgan fingerprint density at radius 3 is 2.35 bits per heavy atom. The molecule has 0 aliphatic heterocycles. The number of hydrogen-bond donors (Lipinski definition) is 4. The van der Waals surface area contributed by atoms with E-state index in [2.05, 4.69) is 14.8 Å². The third kappa shape index (κ3) is 2.76. The summed E-state index contributed by atoms with van der Waals surface area (Å²) in [5.74, 6) is 2.97. The van der Waals surface area contributed by atoms with Crippen LogP contribution in [0.25, 0.3) is 11.0 Å². The molecule has 0 aliphatic rings. The number of carboxylic acid groups (broad SMARTS) is 1. The van der Waals surface area contributed by atoms with E-state index >= 15 is 0 Å². The second-order valence-corrected chi connectivity index (χ2v) is 4.13. The Kier molecular flexibility index (Phi) is 3.97. The van der Waals surface area contributed by atoms with Crippen molar-refractivity contribution in [3.8, 4) is 11.5 Å². The molecule has 1 aromatic carbocycles. The van der Waals surface area contributed by atoms with Gasteiger partial charge in [-0.05, 0) is 12.8 Å². The van der Waals surface area contributed by atoms with Gasteiger partial charge in [0.1, 0.15) is 0 Å². The molecular weight excluding hydrogens is 266 g/mol. The maximum absolute atomic E-state index is 11.2. The first kappa shape index (κ1) is 14.0. The number of benzene rings is 1. The van der Waals surface area contributed by atoms with Crippen LogP contribution in [0.4, 0.5) is 0 Å². The van der Waals surface area contributed by atoms with Crippen molar-refractivity contribution < 1.29 is 25.0 Å². The quantitative estimate of drug-likeness (QED) is 0.354. The van der Waals surface area contributed by atoms with Gasteiger partial charge in [0.25, 0.3) is 0 Å². The van der Waals surface area contributed by atoms with E-state index in [1.54, 1.807) is 0 Å². The summed E-state index contributed by atoms with van der Waals surface area (Å²) in [6, 6.07) is 2.39. The summed E-state index contributed by atoms with van der Waals surface area (Å²) < 4.78 is 0. The lowest BCUT2D eigenvalue weighted by atomic mass is 10.1. The first-order valence-electron chi connectivity index (χ1n) is 5.80. The molecule has 2 aromatic rings. The number of aryl methyl sites for hydroxylation is 1. The van der Waals surface area contributed by atoms with Crippen molar-refractivity contribution in [2.75, 3.05) is 6.61 Å². The number of fused-ring (bicyclic) bond motifs is 1.